The highest BCUT2D eigenvalue weighted by Crippen LogP contribution is 2.65. The molecule has 254 valence electrons. The predicted octanol–water partition coefficient (Wildman–Crippen LogP) is 14.5. The smallest absolute Gasteiger partial charge is 0.0622 e. The molecule has 55 heavy (non-hydrogen) atoms. The van der Waals surface area contributed by atoms with Crippen molar-refractivity contribution in [3.63, 3.8) is 0 Å². The Morgan fingerprint density at radius 3 is 1.38 bits per heavy atom. The maximum Gasteiger partial charge on any atom is 0.0725 e. The lowest BCUT2D eigenvalue weighted by Crippen LogP contribution is -2.25. The zero-order valence-electron chi connectivity index (χ0n) is 30.1. The molecule has 0 heteroatoms. The predicted molar refractivity (Wildman–Crippen MR) is 232 cm³/mol. The number of benzene rings is 10. The summed E-state index contributed by atoms with van der Waals surface area (Å²) in [5.74, 6) is 0. The molecule has 12 rings (SSSR count). The molecule has 0 amide bonds. The van der Waals surface area contributed by atoms with Crippen molar-refractivity contribution in [3.05, 3.63) is 229 Å². The second-order valence-corrected chi connectivity index (χ2v) is 15.1. The standard InChI is InChI=1S/C55H34/c1-2-17-36(18-3-1)51-41-22-6-8-24-43(41)52(44-25-9-7-23-42(44)51)38-20-14-19-37(34-38)40-28-15-31-49-54(40)46-27-11-13-30-48(46)55(49)47-29-12-10-26-45(47)53-39-21-5-4-16-35(39)32-33-50(53)55/h1-34H. The minimum Gasteiger partial charge on any atom is -0.0622 e. The van der Waals surface area contributed by atoms with E-state index >= 15 is 0 Å². The lowest BCUT2D eigenvalue weighted by atomic mass is 9.70. The van der Waals surface area contributed by atoms with Crippen LogP contribution in [0.1, 0.15) is 22.3 Å². The summed E-state index contributed by atoms with van der Waals surface area (Å²) in [6.07, 6.45) is 0. The van der Waals surface area contributed by atoms with Gasteiger partial charge in [-0.05, 0) is 116 Å². The van der Waals surface area contributed by atoms with E-state index < -0.39 is 5.41 Å². The molecule has 10 aromatic carbocycles. The lowest BCUT2D eigenvalue weighted by Gasteiger charge is -2.30. The minimum atomic E-state index is -0.408. The van der Waals surface area contributed by atoms with Gasteiger partial charge >= 0.3 is 0 Å². The van der Waals surface area contributed by atoms with E-state index in [0.717, 1.165) is 0 Å². The molecule has 2 aliphatic carbocycles. The van der Waals surface area contributed by atoms with Crippen LogP contribution in [-0.2, 0) is 5.41 Å². The Balaban J connectivity index is 1.13. The van der Waals surface area contributed by atoms with E-state index in [4.69, 9.17) is 0 Å². The monoisotopic (exact) mass is 694 g/mol. The Morgan fingerprint density at radius 1 is 0.236 bits per heavy atom. The third kappa shape index (κ3) is 4.06. The molecule has 0 saturated heterocycles. The van der Waals surface area contributed by atoms with Gasteiger partial charge in [0, 0.05) is 0 Å². The van der Waals surface area contributed by atoms with Gasteiger partial charge in [-0.1, -0.05) is 200 Å². The van der Waals surface area contributed by atoms with E-state index in [1.54, 1.807) is 0 Å². The van der Waals surface area contributed by atoms with Gasteiger partial charge < -0.3 is 0 Å². The zero-order chi connectivity index (χ0) is 36.1. The van der Waals surface area contributed by atoms with Crippen molar-refractivity contribution in [1.29, 1.82) is 0 Å². The van der Waals surface area contributed by atoms with Gasteiger partial charge in [0.2, 0.25) is 0 Å². The van der Waals surface area contributed by atoms with Gasteiger partial charge in [0.25, 0.3) is 0 Å². The Morgan fingerprint density at radius 2 is 0.691 bits per heavy atom. The molecule has 0 aromatic heterocycles. The average Bonchev–Trinajstić information content (AvgIpc) is 3.74. The molecule has 0 fully saturated rings. The highest BCUT2D eigenvalue weighted by atomic mass is 14.5. The van der Waals surface area contributed by atoms with Gasteiger partial charge in [0.05, 0.1) is 5.41 Å². The number of fused-ring (bicyclic) bond motifs is 14. The Labute approximate surface area is 320 Å². The van der Waals surface area contributed by atoms with Crippen molar-refractivity contribution in [2.75, 3.05) is 0 Å². The number of hydrogen-bond acceptors (Lipinski definition) is 0. The van der Waals surface area contributed by atoms with Crippen LogP contribution in [0.15, 0.2) is 206 Å². The highest BCUT2D eigenvalue weighted by Gasteiger charge is 2.52. The van der Waals surface area contributed by atoms with Crippen LogP contribution in [0.25, 0.3) is 88.0 Å². The fourth-order valence-corrected chi connectivity index (χ4v) is 10.4. The average molecular weight is 695 g/mol. The van der Waals surface area contributed by atoms with Crippen molar-refractivity contribution in [1.82, 2.24) is 0 Å². The second-order valence-electron chi connectivity index (χ2n) is 15.1. The first-order valence-corrected chi connectivity index (χ1v) is 19.3. The molecule has 0 heterocycles. The maximum absolute atomic E-state index is 2.43. The first kappa shape index (κ1) is 30.4. The fraction of sp³-hybridized carbons (Fsp3) is 0.0182. The van der Waals surface area contributed by atoms with Crippen molar-refractivity contribution >= 4 is 32.3 Å². The summed E-state index contributed by atoms with van der Waals surface area (Å²) in [7, 11) is 0. The van der Waals surface area contributed by atoms with Crippen molar-refractivity contribution in [2.45, 2.75) is 5.41 Å². The molecule has 0 saturated carbocycles. The number of hydrogen-bond donors (Lipinski definition) is 0. The molecule has 0 aliphatic heterocycles. The van der Waals surface area contributed by atoms with Crippen LogP contribution in [0.2, 0.25) is 0 Å². The Bertz CT molecular complexity index is 3150. The summed E-state index contributed by atoms with van der Waals surface area (Å²) in [5.41, 5.74) is 18.0. The second kappa shape index (κ2) is 11.5. The van der Waals surface area contributed by atoms with E-state index in [-0.39, 0.29) is 0 Å². The summed E-state index contributed by atoms with van der Waals surface area (Å²) in [6.45, 7) is 0. The molecule has 1 unspecified atom stereocenters. The normalized spacial score (nSPS) is 15.0. The molecule has 2 aliphatic rings. The summed E-state index contributed by atoms with van der Waals surface area (Å²) < 4.78 is 0. The number of rotatable bonds is 3. The summed E-state index contributed by atoms with van der Waals surface area (Å²) >= 11 is 0. The minimum absolute atomic E-state index is 0.408. The van der Waals surface area contributed by atoms with E-state index in [1.165, 1.54) is 110 Å². The summed E-state index contributed by atoms with van der Waals surface area (Å²) in [4.78, 5) is 0. The Hall–Kier alpha value is -7.02. The van der Waals surface area contributed by atoms with Crippen LogP contribution in [0.4, 0.5) is 0 Å². The van der Waals surface area contributed by atoms with E-state index in [0.29, 0.717) is 0 Å². The first-order valence-electron chi connectivity index (χ1n) is 19.3. The van der Waals surface area contributed by atoms with Gasteiger partial charge in [-0.2, -0.15) is 0 Å². The molecule has 0 N–H and O–H groups in total. The quantitative estimate of drug-likeness (QED) is 0.162. The molecule has 1 spiro atoms. The molecular weight excluding hydrogens is 661 g/mol. The third-order valence-corrected chi connectivity index (χ3v) is 12.5. The molecule has 10 aromatic rings. The molecule has 1 atom stereocenters. The zero-order valence-corrected chi connectivity index (χ0v) is 30.1. The third-order valence-electron chi connectivity index (χ3n) is 12.5. The van der Waals surface area contributed by atoms with E-state index in [2.05, 4.69) is 206 Å². The largest absolute Gasteiger partial charge is 0.0725 e. The van der Waals surface area contributed by atoms with E-state index in [9.17, 15) is 0 Å². The lowest BCUT2D eigenvalue weighted by molar-refractivity contribution is 0.794. The van der Waals surface area contributed by atoms with Crippen LogP contribution in [0.3, 0.4) is 0 Å². The van der Waals surface area contributed by atoms with Crippen LogP contribution in [0, 0.1) is 0 Å². The molecule has 0 nitrogen and oxygen atoms in total. The van der Waals surface area contributed by atoms with Crippen LogP contribution in [-0.4, -0.2) is 0 Å². The highest BCUT2D eigenvalue weighted by molar-refractivity contribution is 6.21. The van der Waals surface area contributed by atoms with Crippen LogP contribution >= 0.6 is 0 Å². The molecule has 0 bridgehead atoms. The SMILES string of the molecule is c1ccc(-c2c3ccccc3c(-c3cccc(-c4cccc5c4-c4ccccc4C54c5ccccc5-c5c4ccc4ccccc54)c3)c3ccccc23)cc1. The molecular formula is C55H34. The van der Waals surface area contributed by atoms with Crippen LogP contribution in [0.5, 0.6) is 0 Å². The van der Waals surface area contributed by atoms with Crippen molar-refractivity contribution in [2.24, 2.45) is 0 Å². The van der Waals surface area contributed by atoms with Gasteiger partial charge in [0.15, 0.2) is 0 Å². The topological polar surface area (TPSA) is 0 Å². The van der Waals surface area contributed by atoms with Crippen molar-refractivity contribution in [3.8, 4) is 55.6 Å². The van der Waals surface area contributed by atoms with Crippen LogP contribution < -0.4 is 0 Å². The fourth-order valence-electron chi connectivity index (χ4n) is 10.4. The Kier molecular flexibility index (Phi) is 6.36. The summed E-state index contributed by atoms with van der Waals surface area (Å²) in [6, 6.07) is 77.0. The van der Waals surface area contributed by atoms with Gasteiger partial charge in [-0.25, -0.2) is 0 Å². The van der Waals surface area contributed by atoms with Crippen molar-refractivity contribution < 1.29 is 0 Å². The summed E-state index contributed by atoms with van der Waals surface area (Å²) in [5, 5.41) is 7.68. The maximum atomic E-state index is 2.43. The van der Waals surface area contributed by atoms with Gasteiger partial charge in [0.1, 0.15) is 0 Å². The first-order chi connectivity index (χ1) is 27.3. The molecule has 0 radical (unpaired) electrons. The van der Waals surface area contributed by atoms with Gasteiger partial charge in [-0.15, -0.1) is 0 Å². The van der Waals surface area contributed by atoms with E-state index in [1.807, 2.05) is 0 Å². The van der Waals surface area contributed by atoms with Gasteiger partial charge in [-0.3, -0.25) is 0 Å².